The van der Waals surface area contributed by atoms with Gasteiger partial charge in [0.05, 0.1) is 14.3 Å². The third kappa shape index (κ3) is 6.13. The van der Waals surface area contributed by atoms with Gasteiger partial charge in [0, 0.05) is 20.0 Å². The van der Waals surface area contributed by atoms with Crippen molar-refractivity contribution in [3.05, 3.63) is 20.3 Å². The Labute approximate surface area is 128 Å². The Morgan fingerprint density at radius 1 is 1.47 bits per heavy atom. The average Bonchev–Trinajstić information content (AvgIpc) is 2.55. The molecule has 0 saturated carbocycles. The van der Waals surface area contributed by atoms with Crippen LogP contribution >= 0.6 is 34.5 Å². The Bertz CT molecular complexity index is 440. The van der Waals surface area contributed by atoms with Crippen molar-refractivity contribution in [2.75, 3.05) is 13.6 Å². The van der Waals surface area contributed by atoms with Crippen LogP contribution in [-0.4, -0.2) is 35.1 Å². The second-order valence-corrected chi connectivity index (χ2v) is 7.55. The minimum atomic E-state index is -0.866. The van der Waals surface area contributed by atoms with Gasteiger partial charge in [-0.3, -0.25) is 4.79 Å². The summed E-state index contributed by atoms with van der Waals surface area (Å²) in [5.74, 6) is 0.0274. The molecule has 0 aliphatic carbocycles. The molecule has 0 spiro atoms. The van der Waals surface area contributed by atoms with Gasteiger partial charge in [-0.15, -0.1) is 11.3 Å². The van der Waals surface area contributed by atoms with E-state index >= 15 is 0 Å². The zero-order chi connectivity index (χ0) is 14.6. The van der Waals surface area contributed by atoms with Crippen LogP contribution in [0.2, 0.25) is 8.67 Å². The number of halogens is 2. The third-order valence-corrected chi connectivity index (χ3v) is 4.18. The Morgan fingerprint density at radius 3 is 2.58 bits per heavy atom. The molecule has 0 saturated heterocycles. The van der Waals surface area contributed by atoms with Crippen LogP contribution in [0.15, 0.2) is 6.07 Å². The second kappa shape index (κ2) is 6.93. The Kier molecular flexibility index (Phi) is 6.12. The highest BCUT2D eigenvalue weighted by atomic mass is 35.5. The summed E-state index contributed by atoms with van der Waals surface area (Å²) in [6.07, 6.45) is 1.91. The predicted molar refractivity (Wildman–Crippen MR) is 81.2 cm³/mol. The van der Waals surface area contributed by atoms with Gasteiger partial charge in [-0.25, -0.2) is 0 Å². The summed E-state index contributed by atoms with van der Waals surface area (Å²) in [5.41, 5.74) is 0.129. The van der Waals surface area contributed by atoms with E-state index in [1.165, 1.54) is 11.3 Å². The molecular formula is C13H19Cl2NO2S. The number of thiophene rings is 1. The average molecular weight is 324 g/mol. The minimum Gasteiger partial charge on any atom is -0.389 e. The van der Waals surface area contributed by atoms with E-state index in [1.54, 1.807) is 25.8 Å². The summed E-state index contributed by atoms with van der Waals surface area (Å²) >= 11 is 13.2. The van der Waals surface area contributed by atoms with Crippen molar-refractivity contribution in [2.45, 2.75) is 38.7 Å². The fraction of sp³-hybridized carbons (Fsp3) is 0.615. The lowest BCUT2D eigenvalue weighted by Gasteiger charge is -2.25. The van der Waals surface area contributed by atoms with Crippen molar-refractivity contribution in [3.63, 3.8) is 0 Å². The maximum atomic E-state index is 11.9. The van der Waals surface area contributed by atoms with Crippen LogP contribution in [0.1, 0.15) is 32.3 Å². The molecule has 1 aromatic heterocycles. The van der Waals surface area contributed by atoms with E-state index < -0.39 is 5.60 Å². The van der Waals surface area contributed by atoms with Crippen molar-refractivity contribution < 1.29 is 9.90 Å². The second-order valence-electron chi connectivity index (χ2n) is 5.27. The van der Waals surface area contributed by atoms with E-state index in [0.717, 1.165) is 18.4 Å². The SMILES string of the molecule is CN(CC(C)(C)O)C(=O)CCCc1cc(Cl)sc1Cl. The lowest BCUT2D eigenvalue weighted by Crippen LogP contribution is -2.39. The summed E-state index contributed by atoms with van der Waals surface area (Å²) in [7, 11) is 1.70. The number of carbonyl (C=O) groups is 1. The molecule has 108 valence electrons. The Balaban J connectivity index is 2.37. The number of carbonyl (C=O) groups excluding carboxylic acids is 1. The maximum Gasteiger partial charge on any atom is 0.222 e. The molecule has 0 aliphatic rings. The van der Waals surface area contributed by atoms with E-state index in [4.69, 9.17) is 23.2 Å². The normalized spacial score (nSPS) is 11.7. The van der Waals surface area contributed by atoms with Gasteiger partial charge in [0.15, 0.2) is 0 Å². The number of likely N-dealkylation sites (N-methyl/N-ethyl adjacent to an activating group) is 1. The highest BCUT2D eigenvalue weighted by Gasteiger charge is 2.19. The smallest absolute Gasteiger partial charge is 0.222 e. The molecule has 1 N–H and O–H groups in total. The number of hydrogen-bond acceptors (Lipinski definition) is 3. The Morgan fingerprint density at radius 2 is 2.11 bits per heavy atom. The molecule has 1 aromatic rings. The third-order valence-electron chi connectivity index (χ3n) is 2.61. The molecule has 0 aromatic carbocycles. The number of hydrogen-bond donors (Lipinski definition) is 1. The number of aryl methyl sites for hydroxylation is 1. The van der Waals surface area contributed by atoms with Crippen LogP contribution in [-0.2, 0) is 11.2 Å². The highest BCUT2D eigenvalue weighted by Crippen LogP contribution is 2.32. The summed E-state index contributed by atoms with van der Waals surface area (Å²) in [6, 6.07) is 1.85. The first-order valence-corrected chi connectivity index (χ1v) is 7.66. The van der Waals surface area contributed by atoms with Crippen molar-refractivity contribution in [2.24, 2.45) is 0 Å². The van der Waals surface area contributed by atoms with Crippen LogP contribution in [0.25, 0.3) is 0 Å². The zero-order valence-electron chi connectivity index (χ0n) is 11.4. The van der Waals surface area contributed by atoms with Crippen LogP contribution in [0, 0.1) is 0 Å². The van der Waals surface area contributed by atoms with Crippen molar-refractivity contribution in [3.8, 4) is 0 Å². The molecule has 19 heavy (non-hydrogen) atoms. The van der Waals surface area contributed by atoms with Crippen molar-refractivity contribution in [1.82, 2.24) is 4.90 Å². The quantitative estimate of drug-likeness (QED) is 0.868. The van der Waals surface area contributed by atoms with Crippen LogP contribution in [0.3, 0.4) is 0 Å². The van der Waals surface area contributed by atoms with Crippen LogP contribution in [0.4, 0.5) is 0 Å². The first kappa shape index (κ1) is 16.8. The van der Waals surface area contributed by atoms with Gasteiger partial charge in [0.1, 0.15) is 0 Å². The van der Waals surface area contributed by atoms with Gasteiger partial charge in [-0.05, 0) is 38.3 Å². The molecule has 0 unspecified atom stereocenters. The molecule has 1 heterocycles. The monoisotopic (exact) mass is 323 g/mol. The number of amides is 1. The predicted octanol–water partition coefficient (Wildman–Crippen LogP) is 3.61. The Hall–Kier alpha value is -0.290. The number of aliphatic hydroxyl groups is 1. The van der Waals surface area contributed by atoms with Gasteiger partial charge in [-0.1, -0.05) is 23.2 Å². The molecule has 0 aliphatic heterocycles. The van der Waals surface area contributed by atoms with Gasteiger partial charge in [-0.2, -0.15) is 0 Å². The molecule has 0 radical (unpaired) electrons. The number of nitrogens with zero attached hydrogens (tertiary/aromatic N) is 1. The molecule has 6 heteroatoms. The van der Waals surface area contributed by atoms with Gasteiger partial charge in [0.25, 0.3) is 0 Å². The number of rotatable bonds is 6. The van der Waals surface area contributed by atoms with E-state index in [2.05, 4.69) is 0 Å². The molecule has 3 nitrogen and oxygen atoms in total. The first-order valence-electron chi connectivity index (χ1n) is 6.09. The summed E-state index contributed by atoms with van der Waals surface area (Å²) in [5, 5.41) is 9.65. The molecule has 0 fully saturated rings. The molecule has 0 atom stereocenters. The molecule has 1 rings (SSSR count). The van der Waals surface area contributed by atoms with Gasteiger partial charge in [0.2, 0.25) is 5.91 Å². The topological polar surface area (TPSA) is 40.5 Å². The molecule has 1 amide bonds. The summed E-state index contributed by atoms with van der Waals surface area (Å²) in [6.45, 7) is 3.70. The summed E-state index contributed by atoms with van der Waals surface area (Å²) < 4.78 is 1.37. The van der Waals surface area contributed by atoms with Crippen LogP contribution in [0.5, 0.6) is 0 Å². The lowest BCUT2D eigenvalue weighted by molar-refractivity contribution is -0.132. The zero-order valence-corrected chi connectivity index (χ0v) is 13.7. The minimum absolute atomic E-state index is 0.0274. The largest absolute Gasteiger partial charge is 0.389 e. The van der Waals surface area contributed by atoms with Crippen molar-refractivity contribution >= 4 is 40.4 Å². The van der Waals surface area contributed by atoms with E-state index in [9.17, 15) is 9.90 Å². The maximum absolute atomic E-state index is 11.9. The first-order chi connectivity index (χ1) is 8.69. The van der Waals surface area contributed by atoms with Crippen LogP contribution < -0.4 is 0 Å². The fourth-order valence-electron chi connectivity index (χ4n) is 1.83. The van der Waals surface area contributed by atoms with E-state index in [-0.39, 0.29) is 5.91 Å². The highest BCUT2D eigenvalue weighted by molar-refractivity contribution is 7.20. The standard InChI is InChI=1S/C13H19Cl2NO2S/c1-13(2,18)8-16(3)11(17)6-4-5-9-7-10(14)19-12(9)15/h7,18H,4-6,8H2,1-3H3. The van der Waals surface area contributed by atoms with Gasteiger partial charge >= 0.3 is 0 Å². The van der Waals surface area contributed by atoms with Gasteiger partial charge < -0.3 is 10.0 Å². The summed E-state index contributed by atoms with van der Waals surface area (Å²) in [4.78, 5) is 13.4. The van der Waals surface area contributed by atoms with E-state index in [0.29, 0.717) is 21.6 Å². The molecule has 0 bridgehead atoms. The van der Waals surface area contributed by atoms with Crippen molar-refractivity contribution in [1.29, 1.82) is 0 Å². The fourth-order valence-corrected chi connectivity index (χ4v) is 3.38. The molecular weight excluding hydrogens is 305 g/mol. The van der Waals surface area contributed by atoms with E-state index in [1.807, 2.05) is 6.07 Å². The lowest BCUT2D eigenvalue weighted by atomic mass is 10.1.